The van der Waals surface area contributed by atoms with Gasteiger partial charge in [-0.15, -0.1) is 0 Å². The van der Waals surface area contributed by atoms with E-state index >= 15 is 0 Å². The lowest BCUT2D eigenvalue weighted by atomic mass is 10.1. The molecule has 0 saturated carbocycles. The minimum atomic E-state index is -0.975. The number of anilines is 1. The van der Waals surface area contributed by atoms with E-state index in [2.05, 4.69) is 15.3 Å². The number of amides is 1. The van der Waals surface area contributed by atoms with Gasteiger partial charge in [0.2, 0.25) is 0 Å². The Morgan fingerprint density at radius 1 is 1.13 bits per heavy atom. The van der Waals surface area contributed by atoms with Gasteiger partial charge in [-0.1, -0.05) is 6.07 Å². The summed E-state index contributed by atoms with van der Waals surface area (Å²) in [7, 11) is 3.01. The normalized spacial score (nSPS) is 16.0. The van der Waals surface area contributed by atoms with Gasteiger partial charge < -0.3 is 19.7 Å². The van der Waals surface area contributed by atoms with Gasteiger partial charge in [-0.05, 0) is 18.6 Å². The molecule has 2 aromatic carbocycles. The molecule has 1 aliphatic rings. The number of carbonyl (C=O) groups is 1. The molecule has 1 fully saturated rings. The average molecular weight is 414 g/mol. The van der Waals surface area contributed by atoms with Gasteiger partial charge in [0.15, 0.2) is 11.6 Å². The van der Waals surface area contributed by atoms with Gasteiger partial charge in [0.25, 0.3) is 5.91 Å². The lowest BCUT2D eigenvalue weighted by Crippen LogP contribution is -2.32. The molecule has 2 heterocycles. The van der Waals surface area contributed by atoms with Crippen LogP contribution in [0.4, 0.5) is 14.6 Å². The van der Waals surface area contributed by atoms with Crippen LogP contribution in [0.15, 0.2) is 36.5 Å². The number of likely N-dealkylation sites (tertiary alicyclic amines) is 1. The molecule has 1 saturated heterocycles. The fourth-order valence-corrected chi connectivity index (χ4v) is 3.57. The third-order valence-electron chi connectivity index (χ3n) is 5.05. The van der Waals surface area contributed by atoms with E-state index in [1.54, 1.807) is 23.1 Å². The van der Waals surface area contributed by atoms with Crippen molar-refractivity contribution in [3.8, 4) is 11.5 Å². The van der Waals surface area contributed by atoms with Crippen LogP contribution in [0.3, 0.4) is 0 Å². The van der Waals surface area contributed by atoms with Gasteiger partial charge in [0, 0.05) is 31.3 Å². The molecule has 0 radical (unpaired) electrons. The fourth-order valence-electron chi connectivity index (χ4n) is 3.57. The molecule has 156 valence electrons. The highest BCUT2D eigenvalue weighted by molar-refractivity contribution is 6.00. The highest BCUT2D eigenvalue weighted by Gasteiger charge is 2.30. The lowest BCUT2D eigenvalue weighted by molar-refractivity contribution is 0.0784. The number of methoxy groups -OCH3 is 2. The number of fused-ring (bicyclic) bond motifs is 1. The Balaban J connectivity index is 1.49. The maximum Gasteiger partial charge on any atom is 0.261 e. The van der Waals surface area contributed by atoms with Gasteiger partial charge in [0.05, 0.1) is 31.4 Å². The van der Waals surface area contributed by atoms with Gasteiger partial charge in [-0.25, -0.2) is 13.8 Å². The summed E-state index contributed by atoms with van der Waals surface area (Å²) in [4.78, 5) is 23.2. The van der Waals surface area contributed by atoms with Crippen LogP contribution in [0.5, 0.6) is 11.5 Å². The monoisotopic (exact) mass is 414 g/mol. The van der Waals surface area contributed by atoms with E-state index in [4.69, 9.17) is 9.47 Å². The van der Waals surface area contributed by atoms with Crippen molar-refractivity contribution >= 4 is 22.8 Å². The summed E-state index contributed by atoms with van der Waals surface area (Å²) in [6.45, 7) is 0.982. The minimum absolute atomic E-state index is 0.0632. The van der Waals surface area contributed by atoms with Crippen LogP contribution < -0.4 is 14.8 Å². The van der Waals surface area contributed by atoms with E-state index in [0.29, 0.717) is 42.4 Å². The van der Waals surface area contributed by atoms with Gasteiger partial charge >= 0.3 is 0 Å². The predicted octanol–water partition coefficient (Wildman–Crippen LogP) is 3.25. The van der Waals surface area contributed by atoms with Crippen LogP contribution >= 0.6 is 0 Å². The molecule has 7 nitrogen and oxygen atoms in total. The molecule has 0 bridgehead atoms. The van der Waals surface area contributed by atoms with Crippen molar-refractivity contribution < 1.29 is 23.0 Å². The summed E-state index contributed by atoms with van der Waals surface area (Å²) < 4.78 is 37.5. The predicted molar refractivity (Wildman–Crippen MR) is 107 cm³/mol. The molecular weight excluding hydrogens is 394 g/mol. The lowest BCUT2D eigenvalue weighted by Gasteiger charge is -2.20. The molecule has 3 aromatic rings. The standard InChI is InChI=1S/C21H20F2N4O3/c1-29-17-4-3-5-18(30-2)20(17)21(28)27-7-6-12(11-27)25-19-10-24-15-8-13(22)14(23)9-16(15)26-19/h3-5,8-10,12H,6-7,11H2,1-2H3,(H,25,26)/t12-/m1/s1. The topological polar surface area (TPSA) is 76.6 Å². The van der Waals surface area contributed by atoms with Gasteiger partial charge in [-0.3, -0.25) is 9.78 Å². The SMILES string of the molecule is COc1cccc(OC)c1C(=O)N1CC[C@@H](Nc2cnc3cc(F)c(F)cc3n2)C1. The van der Waals surface area contributed by atoms with Crippen molar-refractivity contribution in [3.05, 3.63) is 53.7 Å². The van der Waals surface area contributed by atoms with Crippen LogP contribution in [-0.4, -0.2) is 54.1 Å². The Morgan fingerprint density at radius 3 is 2.47 bits per heavy atom. The van der Waals surface area contributed by atoms with E-state index < -0.39 is 11.6 Å². The number of aromatic nitrogens is 2. The number of nitrogens with zero attached hydrogens (tertiary/aromatic N) is 3. The third kappa shape index (κ3) is 3.70. The zero-order valence-electron chi connectivity index (χ0n) is 16.5. The number of nitrogens with one attached hydrogen (secondary N) is 1. The summed E-state index contributed by atoms with van der Waals surface area (Å²) in [5.74, 6) is -0.791. The first-order chi connectivity index (χ1) is 14.5. The Hall–Kier alpha value is -3.49. The van der Waals surface area contributed by atoms with E-state index in [0.717, 1.165) is 12.1 Å². The number of rotatable bonds is 5. The Morgan fingerprint density at radius 2 is 1.80 bits per heavy atom. The highest BCUT2D eigenvalue weighted by atomic mass is 19.2. The first kappa shape index (κ1) is 19.8. The number of carbonyl (C=O) groups excluding carboxylic acids is 1. The first-order valence-electron chi connectivity index (χ1n) is 9.38. The van der Waals surface area contributed by atoms with Crippen molar-refractivity contribution in [2.45, 2.75) is 12.5 Å². The van der Waals surface area contributed by atoms with Crippen molar-refractivity contribution in [2.24, 2.45) is 0 Å². The van der Waals surface area contributed by atoms with Crippen LogP contribution in [0.25, 0.3) is 11.0 Å². The second-order valence-electron chi connectivity index (χ2n) is 6.93. The molecule has 1 atom stereocenters. The summed E-state index contributed by atoms with van der Waals surface area (Å²) in [5, 5.41) is 3.21. The maximum atomic E-state index is 13.5. The second-order valence-corrected chi connectivity index (χ2v) is 6.93. The van der Waals surface area contributed by atoms with Crippen molar-refractivity contribution in [2.75, 3.05) is 32.6 Å². The van der Waals surface area contributed by atoms with Crippen molar-refractivity contribution in [1.82, 2.24) is 14.9 Å². The Labute approximate surface area is 171 Å². The minimum Gasteiger partial charge on any atom is -0.496 e. The summed E-state index contributed by atoms with van der Waals surface area (Å²) in [6, 6.07) is 7.16. The Bertz CT molecular complexity index is 1090. The number of hydrogen-bond acceptors (Lipinski definition) is 6. The van der Waals surface area contributed by atoms with E-state index in [-0.39, 0.29) is 23.0 Å². The molecule has 0 unspecified atom stereocenters. The molecule has 0 aliphatic carbocycles. The van der Waals surface area contributed by atoms with Gasteiger partial charge in [-0.2, -0.15) is 0 Å². The van der Waals surface area contributed by atoms with E-state index in [1.165, 1.54) is 20.4 Å². The molecule has 1 N–H and O–H groups in total. The summed E-state index contributed by atoms with van der Waals surface area (Å²) >= 11 is 0. The first-order valence-corrected chi connectivity index (χ1v) is 9.38. The summed E-state index contributed by atoms with van der Waals surface area (Å²) in [5.41, 5.74) is 0.903. The number of ether oxygens (including phenoxy) is 2. The number of hydrogen-bond donors (Lipinski definition) is 1. The zero-order chi connectivity index (χ0) is 21.3. The van der Waals surface area contributed by atoms with Crippen LogP contribution in [0.2, 0.25) is 0 Å². The molecule has 1 aromatic heterocycles. The van der Waals surface area contributed by atoms with Gasteiger partial charge in [0.1, 0.15) is 22.9 Å². The Kier molecular flexibility index (Phi) is 5.35. The van der Waals surface area contributed by atoms with E-state index in [1.807, 2.05) is 0 Å². The molecule has 0 spiro atoms. The molecule has 9 heteroatoms. The van der Waals surface area contributed by atoms with Crippen molar-refractivity contribution in [1.29, 1.82) is 0 Å². The quantitative estimate of drug-likeness (QED) is 0.691. The highest BCUT2D eigenvalue weighted by Crippen LogP contribution is 2.31. The number of halogens is 2. The smallest absolute Gasteiger partial charge is 0.261 e. The fraction of sp³-hybridized carbons (Fsp3) is 0.286. The van der Waals surface area contributed by atoms with Crippen LogP contribution in [0, 0.1) is 11.6 Å². The average Bonchev–Trinajstić information content (AvgIpc) is 3.22. The summed E-state index contributed by atoms with van der Waals surface area (Å²) in [6.07, 6.45) is 2.16. The zero-order valence-corrected chi connectivity index (χ0v) is 16.5. The molecule has 4 rings (SSSR count). The second kappa shape index (κ2) is 8.10. The number of benzene rings is 2. The van der Waals surface area contributed by atoms with Crippen molar-refractivity contribution in [3.63, 3.8) is 0 Å². The largest absolute Gasteiger partial charge is 0.496 e. The van der Waals surface area contributed by atoms with Crippen LogP contribution in [0.1, 0.15) is 16.8 Å². The molecular formula is C21H20F2N4O3. The molecule has 30 heavy (non-hydrogen) atoms. The molecule has 1 aliphatic heterocycles. The third-order valence-corrected chi connectivity index (χ3v) is 5.05. The van der Waals surface area contributed by atoms with E-state index in [9.17, 15) is 13.6 Å². The maximum absolute atomic E-state index is 13.5. The molecule has 1 amide bonds. The van der Waals surface area contributed by atoms with Crippen LogP contribution in [-0.2, 0) is 0 Å².